The molecule has 0 nitrogen and oxygen atoms in total. The van der Waals surface area contributed by atoms with E-state index in [1.54, 1.807) is 11.1 Å². The summed E-state index contributed by atoms with van der Waals surface area (Å²) < 4.78 is 0. The van der Waals surface area contributed by atoms with E-state index < -0.39 is 0 Å². The Bertz CT molecular complexity index is 795. The highest BCUT2D eigenvalue weighted by molar-refractivity contribution is 5.77. The molecule has 0 amide bonds. The van der Waals surface area contributed by atoms with Crippen molar-refractivity contribution in [2.45, 2.75) is 45.4 Å². The van der Waals surface area contributed by atoms with Gasteiger partial charge in [-0.2, -0.15) is 0 Å². The molecular formula is C24H26. The summed E-state index contributed by atoms with van der Waals surface area (Å²) >= 11 is 0. The second kappa shape index (κ2) is 6.43. The molecule has 0 radical (unpaired) electrons. The van der Waals surface area contributed by atoms with E-state index >= 15 is 0 Å². The predicted octanol–water partition coefficient (Wildman–Crippen LogP) is 6.83. The van der Waals surface area contributed by atoms with Crippen LogP contribution >= 0.6 is 0 Å². The Labute approximate surface area is 146 Å². The maximum absolute atomic E-state index is 2.41. The molecule has 0 aromatic heterocycles. The minimum Gasteiger partial charge on any atom is -0.0842 e. The van der Waals surface area contributed by atoms with Crippen LogP contribution in [0, 0.1) is 5.92 Å². The summed E-state index contributed by atoms with van der Waals surface area (Å²) in [6.07, 6.45) is 21.2. The molecule has 1 aromatic carbocycles. The Hall–Kier alpha value is -2.08. The van der Waals surface area contributed by atoms with Crippen molar-refractivity contribution in [3.05, 3.63) is 82.5 Å². The molecule has 0 fully saturated rings. The monoisotopic (exact) mass is 314 g/mol. The molecule has 122 valence electrons. The van der Waals surface area contributed by atoms with Gasteiger partial charge in [0.1, 0.15) is 0 Å². The van der Waals surface area contributed by atoms with Crippen LogP contribution in [0.3, 0.4) is 0 Å². The van der Waals surface area contributed by atoms with Crippen LogP contribution < -0.4 is 0 Å². The van der Waals surface area contributed by atoms with Crippen molar-refractivity contribution in [2.24, 2.45) is 5.92 Å². The summed E-state index contributed by atoms with van der Waals surface area (Å²) in [5.41, 5.74) is 8.85. The molecule has 0 saturated heterocycles. The zero-order valence-electron chi connectivity index (χ0n) is 14.8. The highest BCUT2D eigenvalue weighted by Crippen LogP contribution is 2.42. The van der Waals surface area contributed by atoms with Crippen LogP contribution in [0.25, 0.3) is 11.6 Å². The Balaban J connectivity index is 1.87. The van der Waals surface area contributed by atoms with Gasteiger partial charge in [0.15, 0.2) is 0 Å². The van der Waals surface area contributed by atoms with E-state index in [1.807, 2.05) is 0 Å². The Morgan fingerprint density at radius 2 is 1.83 bits per heavy atom. The second-order valence-corrected chi connectivity index (χ2v) is 7.32. The van der Waals surface area contributed by atoms with Crippen molar-refractivity contribution in [1.82, 2.24) is 0 Å². The predicted molar refractivity (Wildman–Crippen MR) is 105 cm³/mol. The van der Waals surface area contributed by atoms with Crippen LogP contribution in [0.5, 0.6) is 0 Å². The van der Waals surface area contributed by atoms with Crippen molar-refractivity contribution in [3.8, 4) is 0 Å². The first kappa shape index (κ1) is 15.4. The highest BCUT2D eigenvalue weighted by Gasteiger charge is 2.26. The summed E-state index contributed by atoms with van der Waals surface area (Å²) in [4.78, 5) is 0. The molecule has 0 heteroatoms. The number of fused-ring (bicyclic) bond motifs is 1. The Morgan fingerprint density at radius 1 is 0.958 bits per heavy atom. The van der Waals surface area contributed by atoms with Gasteiger partial charge in [0.05, 0.1) is 0 Å². The molecule has 0 heterocycles. The molecule has 0 bridgehead atoms. The standard InChI is InChI=1S/C24H26/c1-17-9-3-5-11-21-19(17)13-7-15-23(21)24-16-8-14-20-18(2)10-4-6-12-22(20)24/h5-9,11-15,18,24H,3-4,10,16H2,1-2H3. The lowest BCUT2D eigenvalue weighted by molar-refractivity contribution is 0.624. The van der Waals surface area contributed by atoms with Gasteiger partial charge in [-0.3, -0.25) is 0 Å². The lowest BCUT2D eigenvalue weighted by Crippen LogP contribution is -2.11. The van der Waals surface area contributed by atoms with Gasteiger partial charge < -0.3 is 0 Å². The number of benzene rings is 1. The number of hydrogen-bond acceptors (Lipinski definition) is 0. The zero-order chi connectivity index (χ0) is 16.5. The van der Waals surface area contributed by atoms with Crippen molar-refractivity contribution >= 4 is 11.6 Å². The largest absolute Gasteiger partial charge is 0.0842 e. The number of hydrogen-bond donors (Lipinski definition) is 0. The number of rotatable bonds is 1. The lowest BCUT2D eigenvalue weighted by atomic mass is 9.76. The van der Waals surface area contributed by atoms with E-state index in [9.17, 15) is 0 Å². The summed E-state index contributed by atoms with van der Waals surface area (Å²) in [6, 6.07) is 6.87. The first-order chi connectivity index (χ1) is 11.8. The normalized spacial score (nSPS) is 25.7. The van der Waals surface area contributed by atoms with Gasteiger partial charge >= 0.3 is 0 Å². The van der Waals surface area contributed by atoms with E-state index in [-0.39, 0.29) is 0 Å². The summed E-state index contributed by atoms with van der Waals surface area (Å²) in [7, 11) is 0. The van der Waals surface area contributed by atoms with Crippen LogP contribution in [0.2, 0.25) is 0 Å². The van der Waals surface area contributed by atoms with Crippen molar-refractivity contribution in [2.75, 3.05) is 0 Å². The average Bonchev–Trinajstić information content (AvgIpc) is 2.91. The van der Waals surface area contributed by atoms with Crippen LogP contribution in [0.4, 0.5) is 0 Å². The third kappa shape index (κ3) is 2.65. The third-order valence-corrected chi connectivity index (χ3v) is 5.76. The molecule has 24 heavy (non-hydrogen) atoms. The van der Waals surface area contributed by atoms with Crippen LogP contribution in [-0.4, -0.2) is 0 Å². The highest BCUT2D eigenvalue weighted by atomic mass is 14.3. The Kier molecular flexibility index (Phi) is 4.14. The summed E-state index contributed by atoms with van der Waals surface area (Å²) in [5, 5.41) is 0. The van der Waals surface area contributed by atoms with Gasteiger partial charge in [0, 0.05) is 5.92 Å². The van der Waals surface area contributed by atoms with Crippen molar-refractivity contribution in [1.29, 1.82) is 0 Å². The minimum absolute atomic E-state index is 0.493. The van der Waals surface area contributed by atoms with Gasteiger partial charge in [-0.25, -0.2) is 0 Å². The van der Waals surface area contributed by atoms with E-state index in [4.69, 9.17) is 0 Å². The molecule has 0 saturated carbocycles. The molecule has 4 rings (SSSR count). The fourth-order valence-corrected chi connectivity index (χ4v) is 4.38. The molecule has 0 aliphatic heterocycles. The van der Waals surface area contributed by atoms with Gasteiger partial charge in [-0.1, -0.05) is 67.7 Å². The van der Waals surface area contributed by atoms with E-state index in [2.05, 4.69) is 74.6 Å². The molecule has 0 spiro atoms. The molecule has 0 N–H and O–H groups in total. The second-order valence-electron chi connectivity index (χ2n) is 7.32. The quantitative estimate of drug-likeness (QED) is 0.532. The van der Waals surface area contributed by atoms with Gasteiger partial charge in [0.2, 0.25) is 0 Å². The van der Waals surface area contributed by atoms with Gasteiger partial charge in [-0.15, -0.1) is 0 Å². The van der Waals surface area contributed by atoms with Crippen LogP contribution in [-0.2, 0) is 0 Å². The van der Waals surface area contributed by atoms with Crippen LogP contribution in [0.15, 0.2) is 65.8 Å². The maximum atomic E-state index is 2.41. The average molecular weight is 314 g/mol. The topological polar surface area (TPSA) is 0 Å². The molecule has 3 aliphatic rings. The van der Waals surface area contributed by atoms with E-state index in [0.717, 1.165) is 12.8 Å². The smallest absolute Gasteiger partial charge is 0.0133 e. The van der Waals surface area contributed by atoms with Gasteiger partial charge in [-0.05, 0) is 71.9 Å². The zero-order valence-corrected chi connectivity index (χ0v) is 14.8. The molecular weight excluding hydrogens is 288 g/mol. The van der Waals surface area contributed by atoms with E-state index in [1.165, 1.54) is 35.1 Å². The minimum atomic E-state index is 0.493. The maximum Gasteiger partial charge on any atom is 0.0133 e. The Morgan fingerprint density at radius 3 is 2.75 bits per heavy atom. The fraction of sp³-hybridized carbons (Fsp3) is 0.333. The van der Waals surface area contributed by atoms with Crippen molar-refractivity contribution < 1.29 is 0 Å². The molecule has 2 unspecified atom stereocenters. The first-order valence-corrected chi connectivity index (χ1v) is 9.29. The van der Waals surface area contributed by atoms with E-state index in [0.29, 0.717) is 11.8 Å². The SMILES string of the molecule is CC1=CCC=Cc2c1cccc2C1CC=CC2=C1C=CCCC2C. The fourth-order valence-electron chi connectivity index (χ4n) is 4.38. The molecule has 3 aliphatic carbocycles. The summed E-state index contributed by atoms with van der Waals surface area (Å²) in [5.74, 6) is 1.15. The molecule has 1 aromatic rings. The first-order valence-electron chi connectivity index (χ1n) is 9.29. The summed E-state index contributed by atoms with van der Waals surface area (Å²) in [6.45, 7) is 4.63. The number of allylic oxidation sites excluding steroid dienone is 9. The molecule has 2 atom stereocenters. The lowest BCUT2D eigenvalue weighted by Gasteiger charge is -2.28. The van der Waals surface area contributed by atoms with Crippen molar-refractivity contribution in [3.63, 3.8) is 0 Å². The van der Waals surface area contributed by atoms with Gasteiger partial charge in [0.25, 0.3) is 0 Å². The third-order valence-electron chi connectivity index (χ3n) is 5.76. The van der Waals surface area contributed by atoms with Crippen LogP contribution in [0.1, 0.15) is 62.1 Å².